The first-order chi connectivity index (χ1) is 14.9. The molecule has 0 heterocycles. The third-order valence-corrected chi connectivity index (χ3v) is 10.6. The monoisotopic (exact) mass is 444 g/mol. The molecule has 0 aromatic carbocycles. The fourth-order valence-electron chi connectivity index (χ4n) is 8.72. The highest BCUT2D eigenvalue weighted by Crippen LogP contribution is 2.66. The van der Waals surface area contributed by atoms with Gasteiger partial charge in [0.2, 0.25) is 0 Å². The fraction of sp³-hybridized carbons (Fsp3) is 0.862. The van der Waals surface area contributed by atoms with Gasteiger partial charge in [-0.2, -0.15) is 0 Å². The highest BCUT2D eigenvalue weighted by Gasteiger charge is 2.60. The molecule has 3 saturated carbocycles. The Morgan fingerprint density at radius 1 is 1.09 bits per heavy atom. The molecule has 4 rings (SSSR count). The van der Waals surface area contributed by atoms with E-state index in [4.69, 9.17) is 0 Å². The zero-order chi connectivity index (χ0) is 23.5. The van der Waals surface area contributed by atoms with Gasteiger partial charge < -0.3 is 15.3 Å². The van der Waals surface area contributed by atoms with Crippen LogP contribution < -0.4 is 0 Å². The van der Waals surface area contributed by atoms with Crippen LogP contribution in [0.1, 0.15) is 99.3 Å². The summed E-state index contributed by atoms with van der Waals surface area (Å²) in [6.07, 6.45) is 13.5. The molecule has 3 heteroatoms. The van der Waals surface area contributed by atoms with Crippen molar-refractivity contribution in [2.75, 3.05) is 0 Å². The number of hydrogen-bond acceptors (Lipinski definition) is 3. The summed E-state index contributed by atoms with van der Waals surface area (Å²) in [6, 6.07) is 0. The first-order valence-corrected chi connectivity index (χ1v) is 13.4. The summed E-state index contributed by atoms with van der Waals surface area (Å²) in [7, 11) is 0. The van der Waals surface area contributed by atoms with E-state index < -0.39 is 17.8 Å². The van der Waals surface area contributed by atoms with Crippen molar-refractivity contribution >= 4 is 0 Å². The molecule has 4 aliphatic carbocycles. The van der Waals surface area contributed by atoms with Gasteiger partial charge in [-0.15, -0.1) is 0 Å². The number of allylic oxidation sites excluding steroid dienone is 3. The van der Waals surface area contributed by atoms with Crippen molar-refractivity contribution < 1.29 is 15.3 Å². The Bertz CT molecular complexity index is 761. The quantitative estimate of drug-likeness (QED) is 0.469. The molecule has 0 aliphatic heterocycles. The maximum absolute atomic E-state index is 11.5. The van der Waals surface area contributed by atoms with E-state index in [1.165, 1.54) is 31.3 Å². The first-order valence-electron chi connectivity index (χ1n) is 13.4. The van der Waals surface area contributed by atoms with Crippen molar-refractivity contribution in [3.63, 3.8) is 0 Å². The zero-order valence-corrected chi connectivity index (χ0v) is 21.4. The summed E-state index contributed by atoms with van der Waals surface area (Å²) in [5.74, 6) is 2.46. The molecule has 0 unspecified atom stereocenters. The minimum Gasteiger partial charge on any atom is -0.392 e. The van der Waals surface area contributed by atoms with E-state index in [1.54, 1.807) is 5.57 Å². The van der Waals surface area contributed by atoms with Gasteiger partial charge in [-0.05, 0) is 87.9 Å². The van der Waals surface area contributed by atoms with Gasteiger partial charge in [0, 0.05) is 11.3 Å². The summed E-state index contributed by atoms with van der Waals surface area (Å²) in [6.45, 7) is 13.2. The molecule has 0 spiro atoms. The van der Waals surface area contributed by atoms with Gasteiger partial charge >= 0.3 is 0 Å². The highest BCUT2D eigenvalue weighted by atomic mass is 16.3. The Kier molecular flexibility index (Phi) is 6.53. The van der Waals surface area contributed by atoms with Crippen LogP contribution in [-0.2, 0) is 0 Å². The maximum atomic E-state index is 11.5. The summed E-state index contributed by atoms with van der Waals surface area (Å²) < 4.78 is 0. The number of aliphatic hydroxyl groups is 3. The number of fused-ring (bicyclic) bond motifs is 5. The van der Waals surface area contributed by atoms with Crippen LogP contribution in [0.15, 0.2) is 23.3 Å². The van der Waals surface area contributed by atoms with Crippen LogP contribution >= 0.6 is 0 Å². The van der Waals surface area contributed by atoms with E-state index in [0.29, 0.717) is 23.2 Å². The Morgan fingerprint density at radius 3 is 2.47 bits per heavy atom. The average Bonchev–Trinajstić information content (AvgIpc) is 3.06. The second-order valence-corrected chi connectivity index (χ2v) is 12.9. The summed E-state index contributed by atoms with van der Waals surface area (Å²) in [4.78, 5) is 0. The smallest absolute Gasteiger partial charge is 0.0689 e. The van der Waals surface area contributed by atoms with Crippen LogP contribution in [0.5, 0.6) is 0 Å². The van der Waals surface area contributed by atoms with E-state index in [2.05, 4.69) is 39.8 Å². The Hall–Kier alpha value is -0.640. The lowest BCUT2D eigenvalue weighted by molar-refractivity contribution is -0.0981. The molecule has 0 aromatic rings. The largest absolute Gasteiger partial charge is 0.392 e. The summed E-state index contributed by atoms with van der Waals surface area (Å²) in [5, 5.41) is 32.3. The van der Waals surface area contributed by atoms with Gasteiger partial charge in [0.15, 0.2) is 0 Å². The second-order valence-electron chi connectivity index (χ2n) is 12.9. The standard InChI is InChI=1S/C29H48O3/c1-7-20-25(30)17-19-10-11-21-23-13-12-22(18(2)9-8-15-27(3,4)32)28(23,5)16-14-24(21)29(19,6)26(20)31/h10-11,18,20,22-26,30-32H,7-9,12-17H2,1-6H3/t18-,20+,22-,23+,24+,25-,26+,28-,29+/m1/s1. The van der Waals surface area contributed by atoms with Crippen LogP contribution in [0.4, 0.5) is 0 Å². The Balaban J connectivity index is 1.55. The second kappa shape index (κ2) is 8.54. The number of aliphatic hydroxyl groups excluding tert-OH is 2. The van der Waals surface area contributed by atoms with Crippen molar-refractivity contribution in [1.82, 2.24) is 0 Å². The van der Waals surface area contributed by atoms with Gasteiger partial charge in [0.25, 0.3) is 0 Å². The maximum Gasteiger partial charge on any atom is 0.0689 e. The summed E-state index contributed by atoms with van der Waals surface area (Å²) >= 11 is 0. The molecule has 3 fully saturated rings. The van der Waals surface area contributed by atoms with E-state index in [1.807, 2.05) is 13.8 Å². The Labute approximate surface area is 196 Å². The molecule has 3 N–H and O–H groups in total. The first kappa shape index (κ1) is 24.5. The SMILES string of the molecule is CC[C@H]1[C@H](O)CC2=CC=C3[C@@H]4CC[C@H]([C@H](C)CCCC(C)(C)O)[C@@]4(C)CC[C@@H]3[C@@]2(C)[C@H]1O. The summed E-state index contributed by atoms with van der Waals surface area (Å²) in [5.41, 5.74) is 2.44. The molecule has 0 amide bonds. The third kappa shape index (κ3) is 3.85. The van der Waals surface area contributed by atoms with Gasteiger partial charge in [-0.3, -0.25) is 0 Å². The molecule has 9 atom stereocenters. The minimum atomic E-state index is -0.558. The predicted octanol–water partition coefficient (Wildman–Crippen LogP) is 6.03. The van der Waals surface area contributed by atoms with Crippen molar-refractivity contribution in [2.24, 2.45) is 40.4 Å². The van der Waals surface area contributed by atoms with Crippen molar-refractivity contribution in [3.05, 3.63) is 23.3 Å². The predicted molar refractivity (Wildman–Crippen MR) is 131 cm³/mol. The lowest BCUT2D eigenvalue weighted by atomic mass is 9.48. The van der Waals surface area contributed by atoms with E-state index >= 15 is 0 Å². The van der Waals surface area contributed by atoms with E-state index in [9.17, 15) is 15.3 Å². The average molecular weight is 445 g/mol. The van der Waals surface area contributed by atoms with Gasteiger partial charge in [-0.25, -0.2) is 0 Å². The van der Waals surface area contributed by atoms with Crippen LogP contribution in [0.25, 0.3) is 0 Å². The third-order valence-electron chi connectivity index (χ3n) is 10.6. The Morgan fingerprint density at radius 2 is 1.81 bits per heavy atom. The van der Waals surface area contributed by atoms with Crippen molar-refractivity contribution in [2.45, 2.75) is 117 Å². The van der Waals surface area contributed by atoms with Gasteiger partial charge in [-0.1, -0.05) is 63.8 Å². The lowest BCUT2D eigenvalue weighted by Gasteiger charge is -2.58. The van der Waals surface area contributed by atoms with E-state index in [0.717, 1.165) is 38.0 Å². The molecule has 0 radical (unpaired) electrons. The van der Waals surface area contributed by atoms with Crippen LogP contribution in [0.2, 0.25) is 0 Å². The van der Waals surface area contributed by atoms with E-state index in [-0.39, 0.29) is 11.3 Å². The molecule has 0 aromatic heterocycles. The van der Waals surface area contributed by atoms with Gasteiger partial charge in [0.1, 0.15) is 0 Å². The van der Waals surface area contributed by atoms with Crippen molar-refractivity contribution in [3.8, 4) is 0 Å². The normalized spacial score (nSPS) is 44.8. The molecule has 3 nitrogen and oxygen atoms in total. The molecule has 182 valence electrons. The van der Waals surface area contributed by atoms with Crippen LogP contribution in [0.3, 0.4) is 0 Å². The topological polar surface area (TPSA) is 60.7 Å². The fourth-order valence-corrected chi connectivity index (χ4v) is 8.72. The van der Waals surface area contributed by atoms with Crippen LogP contribution in [-0.4, -0.2) is 33.1 Å². The molecule has 32 heavy (non-hydrogen) atoms. The number of rotatable bonds is 6. The minimum absolute atomic E-state index is 0.0167. The zero-order valence-electron chi connectivity index (χ0n) is 21.4. The highest BCUT2D eigenvalue weighted by molar-refractivity contribution is 5.40. The van der Waals surface area contributed by atoms with Crippen molar-refractivity contribution in [1.29, 1.82) is 0 Å². The number of hydrogen-bond donors (Lipinski definition) is 3. The van der Waals surface area contributed by atoms with Crippen LogP contribution in [0, 0.1) is 40.4 Å². The molecule has 0 bridgehead atoms. The van der Waals surface area contributed by atoms with Gasteiger partial charge in [0.05, 0.1) is 17.8 Å². The molecular weight excluding hydrogens is 396 g/mol. The molecular formula is C29H48O3. The lowest BCUT2D eigenvalue weighted by Crippen LogP contribution is -2.56. The molecule has 4 aliphatic rings. The molecule has 0 saturated heterocycles.